The van der Waals surface area contributed by atoms with Crippen LogP contribution in [-0.2, 0) is 0 Å². The van der Waals surface area contributed by atoms with Gasteiger partial charge in [-0.3, -0.25) is 9.97 Å². The van der Waals surface area contributed by atoms with Crippen LogP contribution in [-0.4, -0.2) is 16.6 Å². The SMILES string of the molecule is Cc1cc2c(cc1C)N(c1ccncc1)CN2c1ccncc1. The van der Waals surface area contributed by atoms with Crippen LogP contribution in [0, 0.1) is 13.8 Å². The fourth-order valence-electron chi connectivity index (χ4n) is 3.00. The Morgan fingerprint density at radius 2 is 1.09 bits per heavy atom. The van der Waals surface area contributed by atoms with Crippen molar-refractivity contribution in [3.05, 3.63) is 72.3 Å². The molecule has 0 N–H and O–H groups in total. The van der Waals surface area contributed by atoms with Crippen molar-refractivity contribution in [3.8, 4) is 0 Å². The molecule has 1 aliphatic heterocycles. The Bertz CT molecular complexity index is 760. The summed E-state index contributed by atoms with van der Waals surface area (Å²) in [7, 11) is 0. The number of hydrogen-bond acceptors (Lipinski definition) is 4. The smallest absolute Gasteiger partial charge is 0.100 e. The summed E-state index contributed by atoms with van der Waals surface area (Å²) in [5.41, 5.74) is 7.38. The number of benzene rings is 1. The van der Waals surface area contributed by atoms with Gasteiger partial charge in [-0.05, 0) is 61.4 Å². The van der Waals surface area contributed by atoms with Gasteiger partial charge in [-0.25, -0.2) is 0 Å². The molecule has 0 atom stereocenters. The van der Waals surface area contributed by atoms with Crippen molar-refractivity contribution in [3.63, 3.8) is 0 Å². The summed E-state index contributed by atoms with van der Waals surface area (Å²) in [6.45, 7) is 5.11. The molecule has 0 aliphatic carbocycles. The number of hydrogen-bond donors (Lipinski definition) is 0. The number of rotatable bonds is 2. The molecule has 1 aromatic carbocycles. The van der Waals surface area contributed by atoms with Gasteiger partial charge in [-0.2, -0.15) is 0 Å². The normalized spacial score (nSPS) is 13.3. The molecule has 0 saturated carbocycles. The zero-order chi connectivity index (χ0) is 15.8. The molecule has 0 fully saturated rings. The first kappa shape index (κ1) is 13.8. The fourth-order valence-corrected chi connectivity index (χ4v) is 3.00. The molecular weight excluding hydrogens is 284 g/mol. The highest BCUT2D eigenvalue weighted by Gasteiger charge is 2.28. The van der Waals surface area contributed by atoms with Crippen LogP contribution in [0.4, 0.5) is 22.7 Å². The van der Waals surface area contributed by atoms with E-state index in [1.807, 2.05) is 24.8 Å². The second-order valence-corrected chi connectivity index (χ2v) is 5.83. The Kier molecular flexibility index (Phi) is 3.23. The third-order valence-corrected chi connectivity index (χ3v) is 4.40. The van der Waals surface area contributed by atoms with Crippen molar-refractivity contribution < 1.29 is 0 Å². The number of fused-ring (bicyclic) bond motifs is 1. The highest BCUT2D eigenvalue weighted by molar-refractivity contribution is 5.87. The van der Waals surface area contributed by atoms with Gasteiger partial charge in [0.25, 0.3) is 0 Å². The molecule has 0 unspecified atom stereocenters. The molecule has 3 aromatic rings. The molecule has 4 nitrogen and oxygen atoms in total. The lowest BCUT2D eigenvalue weighted by Crippen LogP contribution is -2.23. The molecule has 0 saturated heterocycles. The van der Waals surface area contributed by atoms with Crippen LogP contribution < -0.4 is 9.80 Å². The van der Waals surface area contributed by atoms with Crippen LogP contribution >= 0.6 is 0 Å². The van der Waals surface area contributed by atoms with E-state index in [1.165, 1.54) is 22.5 Å². The van der Waals surface area contributed by atoms with Crippen molar-refractivity contribution in [1.82, 2.24) is 9.97 Å². The number of nitrogens with zero attached hydrogens (tertiary/aromatic N) is 4. The average molecular weight is 302 g/mol. The van der Waals surface area contributed by atoms with Gasteiger partial charge in [0, 0.05) is 36.2 Å². The minimum absolute atomic E-state index is 0.784. The van der Waals surface area contributed by atoms with Crippen LogP contribution in [0.25, 0.3) is 0 Å². The Balaban J connectivity index is 1.86. The zero-order valence-electron chi connectivity index (χ0n) is 13.3. The minimum atomic E-state index is 0.784. The maximum absolute atomic E-state index is 4.13. The Labute approximate surface area is 136 Å². The average Bonchev–Trinajstić information content (AvgIpc) is 2.95. The second-order valence-electron chi connectivity index (χ2n) is 5.83. The Hall–Kier alpha value is -2.88. The van der Waals surface area contributed by atoms with Gasteiger partial charge in [-0.15, -0.1) is 0 Å². The van der Waals surface area contributed by atoms with Crippen molar-refractivity contribution in [2.45, 2.75) is 13.8 Å². The number of anilines is 4. The summed E-state index contributed by atoms with van der Waals surface area (Å²) >= 11 is 0. The first-order valence-electron chi connectivity index (χ1n) is 7.70. The molecular formula is C19H18N4. The largest absolute Gasteiger partial charge is 0.321 e. The molecule has 23 heavy (non-hydrogen) atoms. The van der Waals surface area contributed by atoms with E-state index >= 15 is 0 Å². The maximum Gasteiger partial charge on any atom is 0.100 e. The van der Waals surface area contributed by atoms with Gasteiger partial charge in [-0.1, -0.05) is 0 Å². The summed E-state index contributed by atoms with van der Waals surface area (Å²) in [5.74, 6) is 0. The van der Waals surface area contributed by atoms with Crippen molar-refractivity contribution in [2.24, 2.45) is 0 Å². The second kappa shape index (κ2) is 5.39. The lowest BCUT2D eigenvalue weighted by atomic mass is 10.1. The number of aromatic nitrogens is 2. The van der Waals surface area contributed by atoms with E-state index in [4.69, 9.17) is 0 Å². The van der Waals surface area contributed by atoms with Gasteiger partial charge in [0.2, 0.25) is 0 Å². The molecule has 114 valence electrons. The minimum Gasteiger partial charge on any atom is -0.321 e. The molecule has 2 aromatic heterocycles. The standard InChI is InChI=1S/C19H18N4/c1-14-11-18-19(12-15(14)2)23(17-5-9-21-10-6-17)13-22(18)16-3-7-20-8-4-16/h3-12H,13H2,1-2H3. The van der Waals surface area contributed by atoms with Crippen LogP contribution in [0.15, 0.2) is 61.2 Å². The summed E-state index contributed by atoms with van der Waals surface area (Å²) in [6.07, 6.45) is 7.35. The monoisotopic (exact) mass is 302 g/mol. The first-order valence-corrected chi connectivity index (χ1v) is 7.70. The molecule has 1 aliphatic rings. The van der Waals surface area contributed by atoms with Crippen LogP contribution in [0.1, 0.15) is 11.1 Å². The van der Waals surface area contributed by atoms with Gasteiger partial charge in [0.15, 0.2) is 0 Å². The number of pyridine rings is 2. The van der Waals surface area contributed by atoms with E-state index in [-0.39, 0.29) is 0 Å². The van der Waals surface area contributed by atoms with Gasteiger partial charge >= 0.3 is 0 Å². The third-order valence-electron chi connectivity index (χ3n) is 4.40. The van der Waals surface area contributed by atoms with Gasteiger partial charge in [0.05, 0.1) is 11.4 Å². The molecule has 0 amide bonds. The fraction of sp³-hybridized carbons (Fsp3) is 0.158. The van der Waals surface area contributed by atoms with Crippen molar-refractivity contribution in [1.29, 1.82) is 0 Å². The van der Waals surface area contributed by atoms with Gasteiger partial charge in [0.1, 0.15) is 6.67 Å². The highest BCUT2D eigenvalue weighted by atomic mass is 15.4. The Morgan fingerprint density at radius 1 is 0.696 bits per heavy atom. The van der Waals surface area contributed by atoms with E-state index in [0.29, 0.717) is 0 Å². The van der Waals surface area contributed by atoms with Crippen LogP contribution in [0.3, 0.4) is 0 Å². The van der Waals surface area contributed by atoms with Crippen LogP contribution in [0.2, 0.25) is 0 Å². The molecule has 0 spiro atoms. The summed E-state index contributed by atoms with van der Waals surface area (Å²) < 4.78 is 0. The molecule has 3 heterocycles. The predicted octanol–water partition coefficient (Wildman–Crippen LogP) is 4.34. The zero-order valence-corrected chi connectivity index (χ0v) is 13.3. The molecule has 4 heteroatoms. The summed E-state index contributed by atoms with van der Waals surface area (Å²) in [5, 5.41) is 0. The van der Waals surface area contributed by atoms with Crippen molar-refractivity contribution >= 4 is 22.7 Å². The molecule has 0 radical (unpaired) electrons. The van der Waals surface area contributed by atoms with Crippen LogP contribution in [0.5, 0.6) is 0 Å². The molecule has 0 bridgehead atoms. The lowest BCUT2D eigenvalue weighted by Gasteiger charge is -2.21. The summed E-state index contributed by atoms with van der Waals surface area (Å²) in [4.78, 5) is 12.9. The maximum atomic E-state index is 4.13. The predicted molar refractivity (Wildman–Crippen MR) is 93.5 cm³/mol. The van der Waals surface area contributed by atoms with E-state index in [0.717, 1.165) is 18.0 Å². The number of aryl methyl sites for hydroxylation is 2. The van der Waals surface area contributed by atoms with Gasteiger partial charge < -0.3 is 9.80 Å². The van der Waals surface area contributed by atoms with E-state index in [1.54, 1.807) is 0 Å². The third kappa shape index (κ3) is 2.32. The molecule has 4 rings (SSSR count). The van der Waals surface area contributed by atoms with E-state index in [2.05, 4.69) is 70.0 Å². The first-order chi connectivity index (χ1) is 11.2. The van der Waals surface area contributed by atoms with E-state index in [9.17, 15) is 0 Å². The lowest BCUT2D eigenvalue weighted by molar-refractivity contribution is 0.986. The summed E-state index contributed by atoms with van der Waals surface area (Å²) in [6, 6.07) is 12.7. The van der Waals surface area contributed by atoms with E-state index < -0.39 is 0 Å². The highest BCUT2D eigenvalue weighted by Crippen LogP contribution is 2.45. The Morgan fingerprint density at radius 3 is 1.48 bits per heavy atom. The van der Waals surface area contributed by atoms with Crippen molar-refractivity contribution in [2.75, 3.05) is 16.5 Å². The quantitative estimate of drug-likeness (QED) is 0.705. The topological polar surface area (TPSA) is 32.3 Å².